The van der Waals surface area contributed by atoms with Crippen LogP contribution in [0, 0.1) is 0 Å². The second kappa shape index (κ2) is 2.25. The van der Waals surface area contributed by atoms with E-state index in [0.717, 1.165) is 6.54 Å². The van der Waals surface area contributed by atoms with E-state index in [2.05, 4.69) is 0 Å². The Labute approximate surface area is 54.6 Å². The molecule has 0 saturated carbocycles. The van der Waals surface area contributed by atoms with Crippen LogP contribution in [0.15, 0.2) is 0 Å². The first kappa shape index (κ1) is 6.39. The highest BCUT2D eigenvalue weighted by atomic mass is 16.6. The Morgan fingerprint density at radius 2 is 2.56 bits per heavy atom. The molecule has 0 radical (unpaired) electrons. The van der Waals surface area contributed by atoms with Crippen LogP contribution in [0.5, 0.6) is 0 Å². The van der Waals surface area contributed by atoms with Crippen molar-refractivity contribution in [3.05, 3.63) is 0 Å². The first-order valence-electron chi connectivity index (χ1n) is 3.19. The van der Waals surface area contributed by atoms with Crippen LogP contribution in [0.25, 0.3) is 0 Å². The number of amides is 1. The van der Waals surface area contributed by atoms with E-state index < -0.39 is 0 Å². The van der Waals surface area contributed by atoms with Crippen molar-refractivity contribution in [2.75, 3.05) is 13.2 Å². The molecule has 0 aromatic carbocycles. The van der Waals surface area contributed by atoms with Crippen LogP contribution < -0.4 is 0 Å². The molecule has 1 fully saturated rings. The lowest BCUT2D eigenvalue weighted by molar-refractivity contribution is 0.159. The Kier molecular flexibility index (Phi) is 1.60. The monoisotopic (exact) mass is 129 g/mol. The van der Waals surface area contributed by atoms with Gasteiger partial charge in [-0.15, -0.1) is 0 Å². The molecular weight excluding hydrogens is 118 g/mol. The molecular formula is C6H11NO2. The first-order valence-corrected chi connectivity index (χ1v) is 3.19. The van der Waals surface area contributed by atoms with Crippen molar-refractivity contribution in [1.29, 1.82) is 0 Å². The van der Waals surface area contributed by atoms with Crippen molar-refractivity contribution in [3.8, 4) is 0 Å². The third kappa shape index (κ3) is 0.992. The maximum absolute atomic E-state index is 10.7. The fourth-order valence-electron chi connectivity index (χ4n) is 0.985. The van der Waals surface area contributed by atoms with Crippen molar-refractivity contribution < 1.29 is 9.53 Å². The van der Waals surface area contributed by atoms with Gasteiger partial charge in [-0.1, -0.05) is 0 Å². The van der Waals surface area contributed by atoms with Gasteiger partial charge in [0.25, 0.3) is 0 Å². The summed E-state index contributed by atoms with van der Waals surface area (Å²) < 4.78 is 4.76. The van der Waals surface area contributed by atoms with Crippen molar-refractivity contribution >= 4 is 6.09 Å². The minimum absolute atomic E-state index is 0.176. The zero-order valence-corrected chi connectivity index (χ0v) is 5.76. The van der Waals surface area contributed by atoms with Crippen LogP contribution >= 0.6 is 0 Å². The number of hydrogen-bond acceptors (Lipinski definition) is 2. The van der Waals surface area contributed by atoms with E-state index in [1.807, 2.05) is 13.8 Å². The molecule has 0 N–H and O–H groups in total. The number of cyclic esters (lactones) is 1. The van der Waals surface area contributed by atoms with E-state index in [9.17, 15) is 4.79 Å². The summed E-state index contributed by atoms with van der Waals surface area (Å²) in [7, 11) is 0. The van der Waals surface area contributed by atoms with Crippen molar-refractivity contribution in [2.45, 2.75) is 19.9 Å². The molecule has 1 heterocycles. The summed E-state index contributed by atoms with van der Waals surface area (Å²) in [6.45, 7) is 5.23. The Bertz CT molecular complexity index is 124. The van der Waals surface area contributed by atoms with Crippen molar-refractivity contribution in [3.63, 3.8) is 0 Å². The molecule has 0 aromatic heterocycles. The lowest BCUT2D eigenvalue weighted by atomic mass is 10.3. The molecule has 3 nitrogen and oxygen atoms in total. The van der Waals surface area contributed by atoms with E-state index in [1.54, 1.807) is 4.90 Å². The van der Waals surface area contributed by atoms with E-state index in [4.69, 9.17) is 4.74 Å². The lowest BCUT2D eigenvalue weighted by Crippen LogP contribution is -2.30. The number of nitrogens with zero attached hydrogens (tertiary/aromatic N) is 1. The van der Waals surface area contributed by atoms with Gasteiger partial charge in [0.05, 0.1) is 6.04 Å². The maximum Gasteiger partial charge on any atom is 0.410 e. The fraction of sp³-hybridized carbons (Fsp3) is 0.833. The Hall–Kier alpha value is -0.730. The van der Waals surface area contributed by atoms with Gasteiger partial charge >= 0.3 is 6.09 Å². The van der Waals surface area contributed by atoms with Gasteiger partial charge in [0.2, 0.25) is 0 Å². The predicted molar refractivity (Wildman–Crippen MR) is 33.2 cm³/mol. The van der Waals surface area contributed by atoms with Gasteiger partial charge in [0.15, 0.2) is 0 Å². The number of carbonyl (C=O) groups excluding carboxylic acids is 1. The summed E-state index contributed by atoms with van der Waals surface area (Å²) in [4.78, 5) is 12.4. The second-order valence-electron chi connectivity index (χ2n) is 2.21. The third-order valence-electron chi connectivity index (χ3n) is 1.56. The van der Waals surface area contributed by atoms with E-state index >= 15 is 0 Å². The molecule has 52 valence electrons. The summed E-state index contributed by atoms with van der Waals surface area (Å²) in [5, 5.41) is 0. The molecule has 0 aromatic rings. The topological polar surface area (TPSA) is 29.5 Å². The molecule has 0 aliphatic carbocycles. The molecule has 1 unspecified atom stereocenters. The summed E-state index contributed by atoms with van der Waals surface area (Å²) in [6, 6.07) is 0.266. The first-order chi connectivity index (χ1) is 4.25. The Morgan fingerprint density at radius 1 is 1.89 bits per heavy atom. The van der Waals surface area contributed by atoms with E-state index in [0.29, 0.717) is 6.61 Å². The van der Waals surface area contributed by atoms with Gasteiger partial charge in [-0.3, -0.25) is 0 Å². The molecule has 1 aliphatic heterocycles. The molecule has 1 atom stereocenters. The van der Waals surface area contributed by atoms with Crippen molar-refractivity contribution in [1.82, 2.24) is 4.90 Å². The highest BCUT2D eigenvalue weighted by molar-refractivity contribution is 5.69. The number of rotatable bonds is 1. The molecule has 0 bridgehead atoms. The molecule has 9 heavy (non-hydrogen) atoms. The lowest BCUT2D eigenvalue weighted by Gasteiger charge is -2.13. The smallest absolute Gasteiger partial charge is 0.410 e. The number of likely N-dealkylation sites (N-methyl/N-ethyl adjacent to an activating group) is 1. The Morgan fingerprint density at radius 3 is 2.78 bits per heavy atom. The zero-order chi connectivity index (χ0) is 6.85. The molecule has 1 saturated heterocycles. The summed E-state index contributed by atoms with van der Waals surface area (Å²) in [5.74, 6) is 0. The maximum atomic E-state index is 10.7. The van der Waals surface area contributed by atoms with Crippen molar-refractivity contribution in [2.24, 2.45) is 0 Å². The zero-order valence-electron chi connectivity index (χ0n) is 5.76. The van der Waals surface area contributed by atoms with Crippen LogP contribution in [0.2, 0.25) is 0 Å². The molecule has 1 amide bonds. The molecule has 0 spiro atoms. The number of carbonyl (C=O) groups is 1. The summed E-state index contributed by atoms with van der Waals surface area (Å²) >= 11 is 0. The normalized spacial score (nSPS) is 26.7. The standard InChI is InChI=1S/C6H11NO2/c1-3-7-5(2)4-9-6(7)8/h5H,3-4H2,1-2H3. The predicted octanol–water partition coefficient (Wildman–Crippen LogP) is 0.847. The summed E-state index contributed by atoms with van der Waals surface area (Å²) in [6.07, 6.45) is -0.176. The van der Waals surface area contributed by atoms with Gasteiger partial charge in [-0.2, -0.15) is 0 Å². The quantitative estimate of drug-likeness (QED) is 0.525. The minimum atomic E-state index is -0.176. The number of hydrogen-bond donors (Lipinski definition) is 0. The highest BCUT2D eigenvalue weighted by Gasteiger charge is 2.27. The largest absolute Gasteiger partial charge is 0.447 e. The SMILES string of the molecule is CCN1C(=O)OCC1C. The molecule has 3 heteroatoms. The van der Waals surface area contributed by atoms with Crippen LogP contribution in [-0.2, 0) is 4.74 Å². The van der Waals surface area contributed by atoms with Gasteiger partial charge in [-0.05, 0) is 13.8 Å². The van der Waals surface area contributed by atoms with Gasteiger partial charge in [0.1, 0.15) is 6.61 Å². The fourth-order valence-corrected chi connectivity index (χ4v) is 0.985. The van der Waals surface area contributed by atoms with E-state index in [1.165, 1.54) is 0 Å². The average molecular weight is 129 g/mol. The Balaban J connectivity index is 2.55. The van der Waals surface area contributed by atoms with Crippen LogP contribution in [0.3, 0.4) is 0 Å². The van der Waals surface area contributed by atoms with Gasteiger partial charge < -0.3 is 9.64 Å². The summed E-state index contributed by atoms with van der Waals surface area (Å²) in [5.41, 5.74) is 0. The van der Waals surface area contributed by atoms with Crippen LogP contribution in [0.1, 0.15) is 13.8 Å². The van der Waals surface area contributed by atoms with E-state index in [-0.39, 0.29) is 12.1 Å². The minimum Gasteiger partial charge on any atom is -0.447 e. The van der Waals surface area contributed by atoms with Crippen LogP contribution in [0.4, 0.5) is 4.79 Å². The van der Waals surface area contributed by atoms with Crippen LogP contribution in [-0.4, -0.2) is 30.2 Å². The third-order valence-corrected chi connectivity index (χ3v) is 1.56. The van der Waals surface area contributed by atoms with Gasteiger partial charge in [0, 0.05) is 6.54 Å². The van der Waals surface area contributed by atoms with Gasteiger partial charge in [-0.25, -0.2) is 4.79 Å². The highest BCUT2D eigenvalue weighted by Crippen LogP contribution is 2.09. The second-order valence-corrected chi connectivity index (χ2v) is 2.21. The average Bonchev–Trinajstić information content (AvgIpc) is 2.12. The number of ether oxygens (including phenoxy) is 1. The molecule has 1 aliphatic rings. The molecule has 1 rings (SSSR count).